The molecule has 1 N–H and O–H groups in total. The van der Waals surface area contributed by atoms with Crippen molar-refractivity contribution in [2.75, 3.05) is 23.7 Å². The van der Waals surface area contributed by atoms with Crippen molar-refractivity contribution in [1.82, 2.24) is 10.2 Å². The molecule has 0 aliphatic carbocycles. The number of carbonyl (C=O) groups is 2. The third kappa shape index (κ3) is 6.46. The van der Waals surface area contributed by atoms with Crippen LogP contribution in [0.5, 0.6) is 0 Å². The van der Waals surface area contributed by atoms with Crippen LogP contribution in [0.1, 0.15) is 30.5 Å². The SMILES string of the molecule is CCNC(=O)C(C)N(Cc1cccc(Cl)c1)C(=O)CN(c1c(C)cccc1C)S(C)(=O)=O. The molecule has 1 atom stereocenters. The molecule has 174 valence electrons. The summed E-state index contributed by atoms with van der Waals surface area (Å²) in [4.78, 5) is 27.4. The average molecular weight is 480 g/mol. The number of halogens is 1. The lowest BCUT2D eigenvalue weighted by molar-refractivity contribution is -0.139. The van der Waals surface area contributed by atoms with Gasteiger partial charge in [0.05, 0.1) is 11.9 Å². The Kier molecular flexibility index (Phi) is 8.69. The van der Waals surface area contributed by atoms with E-state index < -0.39 is 28.5 Å². The van der Waals surface area contributed by atoms with E-state index in [1.807, 2.05) is 6.07 Å². The molecule has 0 fully saturated rings. The number of nitrogens with one attached hydrogen (secondary N) is 1. The first-order valence-electron chi connectivity index (χ1n) is 10.3. The molecular formula is C23H30ClN3O4S. The number of hydrogen-bond acceptors (Lipinski definition) is 4. The zero-order valence-corrected chi connectivity index (χ0v) is 20.6. The molecule has 2 amide bonds. The third-order valence-corrected chi connectivity index (χ3v) is 6.48. The molecule has 0 saturated carbocycles. The van der Waals surface area contributed by atoms with Crippen LogP contribution in [0, 0.1) is 13.8 Å². The molecule has 9 heteroatoms. The summed E-state index contributed by atoms with van der Waals surface area (Å²) in [5.41, 5.74) is 2.68. The van der Waals surface area contributed by atoms with Crippen molar-refractivity contribution in [2.24, 2.45) is 0 Å². The van der Waals surface area contributed by atoms with Crippen molar-refractivity contribution >= 4 is 39.1 Å². The highest BCUT2D eigenvalue weighted by Crippen LogP contribution is 2.27. The predicted molar refractivity (Wildman–Crippen MR) is 128 cm³/mol. The van der Waals surface area contributed by atoms with Crippen LogP contribution in [-0.4, -0.2) is 50.5 Å². The first-order chi connectivity index (χ1) is 15.0. The van der Waals surface area contributed by atoms with Crippen molar-refractivity contribution in [3.63, 3.8) is 0 Å². The van der Waals surface area contributed by atoms with E-state index in [1.165, 1.54) is 4.90 Å². The first-order valence-corrected chi connectivity index (χ1v) is 12.5. The first kappa shape index (κ1) is 25.7. The molecule has 2 rings (SSSR count). The summed E-state index contributed by atoms with van der Waals surface area (Å²) in [6.45, 7) is 7.12. The van der Waals surface area contributed by atoms with Gasteiger partial charge in [0.2, 0.25) is 21.8 Å². The third-order valence-electron chi connectivity index (χ3n) is 5.13. The minimum Gasteiger partial charge on any atom is -0.355 e. The average Bonchev–Trinajstić information content (AvgIpc) is 2.70. The number of benzene rings is 2. The summed E-state index contributed by atoms with van der Waals surface area (Å²) in [5.74, 6) is -0.808. The number of amides is 2. The summed E-state index contributed by atoms with van der Waals surface area (Å²) in [7, 11) is -3.76. The molecule has 0 bridgehead atoms. The lowest BCUT2D eigenvalue weighted by Crippen LogP contribution is -2.51. The highest BCUT2D eigenvalue weighted by molar-refractivity contribution is 7.92. The van der Waals surface area contributed by atoms with Gasteiger partial charge in [-0.25, -0.2) is 8.42 Å². The number of para-hydroxylation sites is 1. The maximum absolute atomic E-state index is 13.4. The van der Waals surface area contributed by atoms with E-state index in [9.17, 15) is 18.0 Å². The monoisotopic (exact) mass is 479 g/mol. The second-order valence-corrected chi connectivity index (χ2v) is 10.1. The highest BCUT2D eigenvalue weighted by Gasteiger charge is 2.30. The number of aryl methyl sites for hydroxylation is 2. The zero-order chi connectivity index (χ0) is 24.1. The van der Waals surface area contributed by atoms with Gasteiger partial charge in [-0.2, -0.15) is 0 Å². The molecule has 0 spiro atoms. The Labute approximate surface area is 195 Å². The molecule has 0 aliphatic rings. The Morgan fingerprint density at radius 3 is 2.22 bits per heavy atom. The van der Waals surface area contributed by atoms with E-state index in [0.717, 1.165) is 27.3 Å². The van der Waals surface area contributed by atoms with Gasteiger partial charge in [-0.15, -0.1) is 0 Å². The van der Waals surface area contributed by atoms with Gasteiger partial charge in [0.1, 0.15) is 12.6 Å². The molecule has 0 radical (unpaired) electrons. The number of anilines is 1. The fraction of sp³-hybridized carbons (Fsp3) is 0.391. The van der Waals surface area contributed by atoms with Crippen molar-refractivity contribution < 1.29 is 18.0 Å². The molecule has 1 unspecified atom stereocenters. The summed E-state index contributed by atoms with van der Waals surface area (Å²) < 4.78 is 26.4. The van der Waals surface area contributed by atoms with E-state index in [-0.39, 0.29) is 12.5 Å². The lowest BCUT2D eigenvalue weighted by Gasteiger charge is -2.32. The number of carbonyl (C=O) groups excluding carboxylic acids is 2. The van der Waals surface area contributed by atoms with Crippen molar-refractivity contribution in [3.8, 4) is 0 Å². The largest absolute Gasteiger partial charge is 0.355 e. The predicted octanol–water partition coefficient (Wildman–Crippen LogP) is 3.28. The molecule has 0 aromatic heterocycles. The quantitative estimate of drug-likeness (QED) is 0.598. The highest BCUT2D eigenvalue weighted by atomic mass is 35.5. The fourth-order valence-electron chi connectivity index (χ4n) is 3.51. The van der Waals surface area contributed by atoms with Gasteiger partial charge < -0.3 is 10.2 Å². The minimum atomic E-state index is -3.76. The number of rotatable bonds is 9. The normalized spacial score (nSPS) is 12.2. The van der Waals surface area contributed by atoms with Crippen LogP contribution in [-0.2, 0) is 26.2 Å². The number of likely N-dealkylation sites (N-methyl/N-ethyl adjacent to an activating group) is 1. The molecule has 0 aliphatic heterocycles. The fourth-order valence-corrected chi connectivity index (χ4v) is 4.69. The maximum Gasteiger partial charge on any atom is 0.244 e. The molecule has 2 aromatic rings. The summed E-state index contributed by atoms with van der Waals surface area (Å²) >= 11 is 6.09. The van der Waals surface area contributed by atoms with Crippen molar-refractivity contribution in [2.45, 2.75) is 40.3 Å². The van der Waals surface area contributed by atoms with E-state index in [4.69, 9.17) is 11.6 Å². The molecule has 0 heterocycles. The summed E-state index contributed by atoms with van der Waals surface area (Å²) in [6, 6.07) is 11.6. The van der Waals surface area contributed by atoms with Gasteiger partial charge in [0.25, 0.3) is 0 Å². The van der Waals surface area contributed by atoms with Gasteiger partial charge in [-0.05, 0) is 56.5 Å². The Hall–Kier alpha value is -2.58. The molecule has 0 saturated heterocycles. The zero-order valence-electron chi connectivity index (χ0n) is 19.1. The van der Waals surface area contributed by atoms with Crippen LogP contribution >= 0.6 is 11.6 Å². The minimum absolute atomic E-state index is 0.113. The van der Waals surface area contributed by atoms with Crippen molar-refractivity contribution in [3.05, 3.63) is 64.2 Å². The van der Waals surface area contributed by atoms with Crippen LogP contribution in [0.15, 0.2) is 42.5 Å². The molecular weight excluding hydrogens is 450 g/mol. The van der Waals surface area contributed by atoms with Gasteiger partial charge in [0, 0.05) is 18.1 Å². The van der Waals surface area contributed by atoms with Crippen LogP contribution < -0.4 is 9.62 Å². The Morgan fingerprint density at radius 2 is 1.69 bits per heavy atom. The second kappa shape index (κ2) is 10.8. The van der Waals surface area contributed by atoms with Gasteiger partial charge >= 0.3 is 0 Å². The van der Waals surface area contributed by atoms with Gasteiger partial charge in [-0.3, -0.25) is 13.9 Å². The van der Waals surface area contributed by atoms with E-state index in [1.54, 1.807) is 64.1 Å². The van der Waals surface area contributed by atoms with Gasteiger partial charge in [-0.1, -0.05) is 41.9 Å². The van der Waals surface area contributed by atoms with Crippen LogP contribution in [0.25, 0.3) is 0 Å². The molecule has 32 heavy (non-hydrogen) atoms. The Balaban J connectivity index is 2.45. The molecule has 2 aromatic carbocycles. The van der Waals surface area contributed by atoms with E-state index in [0.29, 0.717) is 17.3 Å². The Morgan fingerprint density at radius 1 is 1.09 bits per heavy atom. The summed E-state index contributed by atoms with van der Waals surface area (Å²) in [6.07, 6.45) is 1.07. The van der Waals surface area contributed by atoms with Gasteiger partial charge in [0.15, 0.2) is 0 Å². The van der Waals surface area contributed by atoms with E-state index in [2.05, 4.69) is 5.32 Å². The standard InChI is InChI=1S/C23H30ClN3O4S/c1-6-25-23(29)18(4)26(14-19-11-8-12-20(24)13-19)21(28)15-27(32(5,30)31)22-16(2)9-7-10-17(22)3/h7-13,18H,6,14-15H2,1-5H3,(H,25,29). The smallest absolute Gasteiger partial charge is 0.244 e. The summed E-state index contributed by atoms with van der Waals surface area (Å²) in [5, 5.41) is 3.23. The van der Waals surface area contributed by atoms with Crippen molar-refractivity contribution in [1.29, 1.82) is 0 Å². The topological polar surface area (TPSA) is 86.8 Å². The lowest BCUT2D eigenvalue weighted by atomic mass is 10.1. The molecule has 7 nitrogen and oxygen atoms in total. The number of hydrogen-bond donors (Lipinski definition) is 1. The van der Waals surface area contributed by atoms with E-state index >= 15 is 0 Å². The number of nitrogens with zero attached hydrogens (tertiary/aromatic N) is 2. The number of sulfonamides is 1. The van der Waals surface area contributed by atoms with Crippen LogP contribution in [0.4, 0.5) is 5.69 Å². The second-order valence-electron chi connectivity index (χ2n) is 7.73. The maximum atomic E-state index is 13.4. The Bertz CT molecular complexity index is 1070. The van der Waals surface area contributed by atoms with Crippen LogP contribution in [0.2, 0.25) is 5.02 Å². The van der Waals surface area contributed by atoms with Crippen LogP contribution in [0.3, 0.4) is 0 Å².